The Morgan fingerprint density at radius 1 is 1.31 bits per heavy atom. The van der Waals surface area contributed by atoms with Gasteiger partial charge in [-0.15, -0.1) is 11.3 Å². The summed E-state index contributed by atoms with van der Waals surface area (Å²) in [6.07, 6.45) is 2.71. The molecule has 0 aliphatic rings. The van der Waals surface area contributed by atoms with Crippen LogP contribution in [0.15, 0.2) is 30.5 Å². The highest BCUT2D eigenvalue weighted by atomic mass is 32.1. The van der Waals surface area contributed by atoms with Crippen LogP contribution in [0.4, 0.5) is 0 Å². The van der Waals surface area contributed by atoms with E-state index in [1.165, 1.54) is 19.1 Å². The molecule has 1 aromatic carbocycles. The van der Waals surface area contributed by atoms with Gasteiger partial charge in [0.25, 0.3) is 0 Å². The van der Waals surface area contributed by atoms with E-state index in [2.05, 4.69) is 19.1 Å². The average Bonchev–Trinajstić information content (AvgIpc) is 3.24. The molecule has 0 spiro atoms. The van der Waals surface area contributed by atoms with Gasteiger partial charge < -0.3 is 18.8 Å². The third-order valence-electron chi connectivity index (χ3n) is 3.98. The minimum Gasteiger partial charge on any atom is -0.467 e. The highest BCUT2D eigenvalue weighted by molar-refractivity contribution is 7.19. The second kappa shape index (κ2) is 7.60. The molecule has 0 aliphatic carbocycles. The van der Waals surface area contributed by atoms with Crippen LogP contribution in [0.25, 0.3) is 15.9 Å². The van der Waals surface area contributed by atoms with Crippen LogP contribution in [0.5, 0.6) is 5.75 Å². The van der Waals surface area contributed by atoms with Gasteiger partial charge in [-0.2, -0.15) is 5.26 Å². The number of benzene rings is 1. The largest absolute Gasteiger partial charge is 0.467 e. The lowest BCUT2D eigenvalue weighted by molar-refractivity contribution is 0.0465. The molecule has 2 heterocycles. The monoisotopic (exact) mass is 370 g/mol. The Balaban J connectivity index is 2.14. The summed E-state index contributed by atoms with van der Waals surface area (Å²) >= 11 is 1.63. The Morgan fingerprint density at radius 3 is 2.77 bits per heavy atom. The third-order valence-corrected chi connectivity index (χ3v) is 5.28. The molecule has 0 saturated carbocycles. The van der Waals surface area contributed by atoms with Crippen molar-refractivity contribution in [2.75, 3.05) is 21.0 Å². The molecule has 0 bridgehead atoms. The number of aromatic nitrogens is 1. The lowest BCUT2D eigenvalue weighted by Crippen LogP contribution is -2.08. The summed E-state index contributed by atoms with van der Waals surface area (Å²) < 4.78 is 18.2. The molecule has 0 saturated heterocycles. The molecular formula is C19H18N2O4S. The zero-order valence-corrected chi connectivity index (χ0v) is 15.6. The number of methoxy groups -OCH3 is 2. The molecule has 3 rings (SSSR count). The second-order valence-corrected chi connectivity index (χ2v) is 6.66. The van der Waals surface area contributed by atoms with Crippen LogP contribution >= 0.6 is 11.3 Å². The first-order valence-corrected chi connectivity index (χ1v) is 8.82. The number of nitriles is 1. The normalized spacial score (nSPS) is 10.7. The van der Waals surface area contributed by atoms with Gasteiger partial charge in [0.2, 0.25) is 0 Å². The third kappa shape index (κ3) is 3.17. The average molecular weight is 370 g/mol. The predicted octanol–water partition coefficient (Wildman–Crippen LogP) is 3.90. The Labute approximate surface area is 155 Å². The Morgan fingerprint density at radius 2 is 2.12 bits per heavy atom. The molecule has 26 heavy (non-hydrogen) atoms. The quantitative estimate of drug-likeness (QED) is 0.486. The van der Waals surface area contributed by atoms with E-state index in [1.54, 1.807) is 35.7 Å². The van der Waals surface area contributed by atoms with Crippen molar-refractivity contribution in [2.24, 2.45) is 0 Å². The molecule has 0 unspecified atom stereocenters. The van der Waals surface area contributed by atoms with E-state index in [0.717, 1.165) is 22.3 Å². The molecule has 2 aromatic heterocycles. The van der Waals surface area contributed by atoms with Crippen LogP contribution in [0.3, 0.4) is 0 Å². The van der Waals surface area contributed by atoms with Gasteiger partial charge in [-0.3, -0.25) is 0 Å². The van der Waals surface area contributed by atoms with Crippen molar-refractivity contribution in [3.05, 3.63) is 46.5 Å². The predicted molar refractivity (Wildman–Crippen MR) is 99.1 cm³/mol. The molecule has 0 N–H and O–H groups in total. The molecule has 6 nitrogen and oxygen atoms in total. The van der Waals surface area contributed by atoms with Gasteiger partial charge >= 0.3 is 5.97 Å². The number of esters is 1. The van der Waals surface area contributed by atoms with Gasteiger partial charge in [0, 0.05) is 29.9 Å². The zero-order chi connectivity index (χ0) is 18.7. The maximum atomic E-state index is 12.0. The summed E-state index contributed by atoms with van der Waals surface area (Å²) in [6, 6.07) is 9.53. The van der Waals surface area contributed by atoms with E-state index in [9.17, 15) is 10.1 Å². The van der Waals surface area contributed by atoms with Gasteiger partial charge in [0.15, 0.2) is 6.79 Å². The standard InChI is InChI=1S/C19H18N2O4S/c1-4-14-8-16-18(26-14)12(9-20)10-21(16)13-5-6-15(19(22)24-3)17(7-13)25-11-23-2/h5-8,10H,4,11H2,1-3H3. The Bertz CT molecular complexity index is 997. The minimum atomic E-state index is -0.484. The summed E-state index contributed by atoms with van der Waals surface area (Å²) in [5.41, 5.74) is 2.69. The number of hydrogen-bond acceptors (Lipinski definition) is 6. The van der Waals surface area contributed by atoms with Crippen LogP contribution in [0, 0.1) is 11.3 Å². The number of hydrogen-bond donors (Lipinski definition) is 0. The summed E-state index contributed by atoms with van der Waals surface area (Å²) in [7, 11) is 2.83. The van der Waals surface area contributed by atoms with E-state index >= 15 is 0 Å². The number of carbonyl (C=O) groups is 1. The first kappa shape index (κ1) is 18.0. The molecular weight excluding hydrogens is 352 g/mol. The fourth-order valence-corrected chi connectivity index (χ4v) is 3.76. The SMILES string of the molecule is CCc1cc2c(s1)c(C#N)cn2-c1ccc(C(=O)OC)c(OCOC)c1. The number of carbonyl (C=O) groups excluding carboxylic acids is 1. The Kier molecular flexibility index (Phi) is 5.26. The van der Waals surface area contributed by atoms with Crippen LogP contribution in [0.2, 0.25) is 0 Å². The number of fused-ring (bicyclic) bond motifs is 1. The second-order valence-electron chi connectivity index (χ2n) is 5.53. The fraction of sp³-hybridized carbons (Fsp3) is 0.263. The van der Waals surface area contributed by atoms with Gasteiger partial charge in [0.05, 0.1) is 22.9 Å². The van der Waals surface area contributed by atoms with Crippen molar-refractivity contribution >= 4 is 27.5 Å². The van der Waals surface area contributed by atoms with Crippen molar-refractivity contribution in [3.8, 4) is 17.5 Å². The number of ether oxygens (including phenoxy) is 3. The summed E-state index contributed by atoms with van der Waals surface area (Å²) in [4.78, 5) is 13.2. The fourth-order valence-electron chi connectivity index (χ4n) is 2.71. The number of nitrogens with zero attached hydrogens (tertiary/aromatic N) is 2. The summed E-state index contributed by atoms with van der Waals surface area (Å²) in [5, 5.41) is 9.44. The van der Waals surface area contributed by atoms with Crippen molar-refractivity contribution < 1.29 is 19.0 Å². The Hall–Kier alpha value is -2.82. The van der Waals surface area contributed by atoms with Crippen molar-refractivity contribution in [1.29, 1.82) is 5.26 Å². The molecule has 0 atom stereocenters. The van der Waals surface area contributed by atoms with E-state index in [0.29, 0.717) is 16.9 Å². The first-order chi connectivity index (χ1) is 12.6. The summed E-state index contributed by atoms with van der Waals surface area (Å²) in [6.45, 7) is 2.10. The van der Waals surface area contributed by atoms with Crippen LogP contribution in [-0.4, -0.2) is 31.5 Å². The highest BCUT2D eigenvalue weighted by Crippen LogP contribution is 2.34. The maximum absolute atomic E-state index is 12.0. The van der Waals surface area contributed by atoms with Gasteiger partial charge in [-0.05, 0) is 24.6 Å². The smallest absolute Gasteiger partial charge is 0.341 e. The maximum Gasteiger partial charge on any atom is 0.341 e. The topological polar surface area (TPSA) is 73.5 Å². The van der Waals surface area contributed by atoms with Crippen molar-refractivity contribution in [1.82, 2.24) is 4.57 Å². The van der Waals surface area contributed by atoms with Gasteiger partial charge in [0.1, 0.15) is 17.4 Å². The van der Waals surface area contributed by atoms with E-state index in [-0.39, 0.29) is 6.79 Å². The lowest BCUT2D eigenvalue weighted by atomic mass is 10.1. The molecule has 0 aliphatic heterocycles. The molecule has 134 valence electrons. The van der Waals surface area contributed by atoms with Crippen LogP contribution < -0.4 is 4.74 Å². The highest BCUT2D eigenvalue weighted by Gasteiger charge is 2.17. The van der Waals surface area contributed by atoms with E-state index in [1.807, 2.05) is 4.57 Å². The molecule has 3 aromatic rings. The molecule has 0 radical (unpaired) electrons. The summed E-state index contributed by atoms with van der Waals surface area (Å²) in [5.74, 6) is -0.121. The van der Waals surface area contributed by atoms with Gasteiger partial charge in [-0.25, -0.2) is 4.79 Å². The van der Waals surface area contributed by atoms with Crippen LogP contribution in [0.1, 0.15) is 27.7 Å². The van der Waals surface area contributed by atoms with E-state index in [4.69, 9.17) is 14.2 Å². The molecule has 0 fully saturated rings. The van der Waals surface area contributed by atoms with Gasteiger partial charge in [-0.1, -0.05) is 6.92 Å². The van der Waals surface area contributed by atoms with E-state index < -0.39 is 5.97 Å². The lowest BCUT2D eigenvalue weighted by Gasteiger charge is -2.12. The zero-order valence-electron chi connectivity index (χ0n) is 14.7. The minimum absolute atomic E-state index is 0.0103. The van der Waals surface area contributed by atoms with Crippen LogP contribution in [-0.2, 0) is 15.9 Å². The number of rotatable bonds is 6. The number of aryl methyl sites for hydroxylation is 1. The van der Waals surface area contributed by atoms with Crippen molar-refractivity contribution in [3.63, 3.8) is 0 Å². The molecule has 0 amide bonds. The first-order valence-electron chi connectivity index (χ1n) is 8.01. The number of thiophene rings is 1. The van der Waals surface area contributed by atoms with Crippen molar-refractivity contribution in [2.45, 2.75) is 13.3 Å². The molecule has 7 heteroatoms.